The van der Waals surface area contributed by atoms with Gasteiger partial charge in [0.15, 0.2) is 5.78 Å². The average molecular weight is 242 g/mol. The van der Waals surface area contributed by atoms with E-state index in [9.17, 15) is 13.2 Å². The van der Waals surface area contributed by atoms with Crippen LogP contribution < -0.4 is 5.73 Å². The maximum Gasteiger partial charge on any atom is 0.184 e. The molecule has 0 unspecified atom stereocenters. The number of sulfone groups is 1. The minimum absolute atomic E-state index is 0.0397. The van der Waals surface area contributed by atoms with Gasteiger partial charge in [-0.2, -0.15) is 0 Å². The van der Waals surface area contributed by atoms with Crippen LogP contribution >= 0.6 is 0 Å². The number of carbonyl (C=O) groups is 1. The van der Waals surface area contributed by atoms with Gasteiger partial charge in [-0.05, 0) is 12.1 Å². The number of anilines is 1. The van der Waals surface area contributed by atoms with E-state index >= 15 is 0 Å². The summed E-state index contributed by atoms with van der Waals surface area (Å²) in [5.74, 6) is -0.453. The van der Waals surface area contributed by atoms with Crippen molar-refractivity contribution in [3.05, 3.63) is 24.0 Å². The molecule has 0 spiro atoms. The minimum atomic E-state index is -3.12. The van der Waals surface area contributed by atoms with Crippen LogP contribution in [0.3, 0.4) is 0 Å². The van der Waals surface area contributed by atoms with Crippen molar-refractivity contribution >= 4 is 21.3 Å². The third kappa shape index (κ3) is 3.30. The number of carbonyl (C=O) groups excluding carboxylic acids is 1. The van der Waals surface area contributed by atoms with Gasteiger partial charge >= 0.3 is 0 Å². The van der Waals surface area contributed by atoms with E-state index in [0.717, 1.165) is 0 Å². The smallest absolute Gasteiger partial charge is 0.184 e. The number of hydrogen-bond donors (Lipinski definition) is 1. The van der Waals surface area contributed by atoms with Crippen LogP contribution in [0.15, 0.2) is 18.3 Å². The van der Waals surface area contributed by atoms with Crippen molar-refractivity contribution in [2.45, 2.75) is 13.3 Å². The summed E-state index contributed by atoms with van der Waals surface area (Å²) in [7, 11) is -3.12. The van der Waals surface area contributed by atoms with Crippen molar-refractivity contribution in [3.8, 4) is 0 Å². The Morgan fingerprint density at radius 1 is 1.50 bits per heavy atom. The Hall–Kier alpha value is -1.43. The molecule has 0 saturated carbocycles. The van der Waals surface area contributed by atoms with Gasteiger partial charge in [0.2, 0.25) is 0 Å². The maximum absolute atomic E-state index is 11.6. The normalized spacial score (nSPS) is 11.3. The Balaban J connectivity index is 2.71. The second-order valence-electron chi connectivity index (χ2n) is 3.35. The van der Waals surface area contributed by atoms with Crippen LogP contribution in [0.5, 0.6) is 0 Å². The fourth-order valence-corrected chi connectivity index (χ4v) is 1.95. The van der Waals surface area contributed by atoms with Crippen LogP contribution in [0.1, 0.15) is 23.8 Å². The van der Waals surface area contributed by atoms with Gasteiger partial charge in [-0.15, -0.1) is 0 Å². The van der Waals surface area contributed by atoms with Crippen LogP contribution in [-0.2, 0) is 9.84 Å². The van der Waals surface area contributed by atoms with Gasteiger partial charge < -0.3 is 5.73 Å². The zero-order chi connectivity index (χ0) is 12.2. The molecule has 0 fully saturated rings. The first kappa shape index (κ1) is 12.6. The summed E-state index contributed by atoms with van der Waals surface area (Å²) in [6.07, 6.45) is 1.38. The lowest BCUT2D eigenvalue weighted by Gasteiger charge is -2.03. The molecule has 2 N–H and O–H groups in total. The van der Waals surface area contributed by atoms with E-state index < -0.39 is 9.84 Å². The van der Waals surface area contributed by atoms with Crippen LogP contribution in [0.4, 0.5) is 5.69 Å². The van der Waals surface area contributed by atoms with Crippen LogP contribution in [0.25, 0.3) is 0 Å². The van der Waals surface area contributed by atoms with E-state index in [1.807, 2.05) is 0 Å². The highest BCUT2D eigenvalue weighted by atomic mass is 32.2. The van der Waals surface area contributed by atoms with E-state index in [2.05, 4.69) is 4.98 Å². The first-order valence-electron chi connectivity index (χ1n) is 4.90. The predicted molar refractivity (Wildman–Crippen MR) is 61.9 cm³/mol. The molecule has 0 aromatic carbocycles. The molecule has 0 saturated heterocycles. The van der Waals surface area contributed by atoms with Gasteiger partial charge in [0.1, 0.15) is 15.5 Å². The Labute approximate surface area is 94.6 Å². The second kappa shape index (κ2) is 5.07. The van der Waals surface area contributed by atoms with Gasteiger partial charge in [0.25, 0.3) is 0 Å². The molecule has 0 bridgehead atoms. The maximum atomic E-state index is 11.6. The molecule has 16 heavy (non-hydrogen) atoms. The van der Waals surface area contributed by atoms with Gasteiger partial charge in [0, 0.05) is 18.4 Å². The number of Topliss-reactive ketones (excluding diaryl/α,β-unsaturated/α-hetero) is 1. The molecule has 1 aromatic rings. The largest absolute Gasteiger partial charge is 0.397 e. The number of aromatic nitrogens is 1. The lowest BCUT2D eigenvalue weighted by molar-refractivity contribution is 0.0985. The minimum Gasteiger partial charge on any atom is -0.397 e. The molecule has 0 aliphatic rings. The molecule has 0 atom stereocenters. The molecule has 6 heteroatoms. The lowest BCUT2D eigenvalue weighted by Crippen LogP contribution is -2.14. The number of pyridine rings is 1. The Morgan fingerprint density at radius 3 is 2.75 bits per heavy atom. The summed E-state index contributed by atoms with van der Waals surface area (Å²) >= 11 is 0. The zero-order valence-corrected chi connectivity index (χ0v) is 9.83. The molecule has 0 radical (unpaired) electrons. The van der Waals surface area contributed by atoms with Crippen LogP contribution in [-0.4, -0.2) is 30.7 Å². The van der Waals surface area contributed by atoms with E-state index in [-0.39, 0.29) is 35.1 Å². The Morgan fingerprint density at radius 2 is 2.19 bits per heavy atom. The summed E-state index contributed by atoms with van der Waals surface area (Å²) in [4.78, 5) is 15.5. The van der Waals surface area contributed by atoms with Gasteiger partial charge in [-0.3, -0.25) is 9.78 Å². The standard InChI is InChI=1S/C10H14N2O3S/c1-2-16(14,15)7-5-9(13)10-8(11)4-3-6-12-10/h3-4,6H,2,5,7,11H2,1H3. The van der Waals surface area contributed by atoms with Gasteiger partial charge in [-0.1, -0.05) is 6.92 Å². The molecule has 0 aliphatic carbocycles. The molecule has 0 amide bonds. The van der Waals surface area contributed by atoms with Crippen molar-refractivity contribution in [2.24, 2.45) is 0 Å². The number of rotatable bonds is 5. The number of hydrogen-bond acceptors (Lipinski definition) is 5. The monoisotopic (exact) mass is 242 g/mol. The molecule has 0 aliphatic heterocycles. The zero-order valence-electron chi connectivity index (χ0n) is 9.01. The topological polar surface area (TPSA) is 90.1 Å². The molecule has 1 aromatic heterocycles. The van der Waals surface area contributed by atoms with Crippen molar-refractivity contribution in [1.82, 2.24) is 4.98 Å². The van der Waals surface area contributed by atoms with E-state index in [1.165, 1.54) is 6.20 Å². The Kier molecular flexibility index (Phi) is 4.00. The number of nitrogen functional groups attached to an aromatic ring is 1. The predicted octanol–water partition coefficient (Wildman–Crippen LogP) is 0.671. The van der Waals surface area contributed by atoms with Crippen LogP contribution in [0.2, 0.25) is 0 Å². The van der Waals surface area contributed by atoms with E-state index in [0.29, 0.717) is 0 Å². The SMILES string of the molecule is CCS(=O)(=O)CCC(=O)c1ncccc1N. The van der Waals surface area contributed by atoms with Crippen molar-refractivity contribution in [2.75, 3.05) is 17.2 Å². The highest BCUT2D eigenvalue weighted by molar-refractivity contribution is 7.91. The molecule has 5 nitrogen and oxygen atoms in total. The number of ketones is 1. The highest BCUT2D eigenvalue weighted by Gasteiger charge is 2.15. The summed E-state index contributed by atoms with van der Waals surface area (Å²) < 4.78 is 22.4. The van der Waals surface area contributed by atoms with Gasteiger partial charge in [-0.25, -0.2) is 8.42 Å². The number of nitrogens with zero attached hydrogens (tertiary/aromatic N) is 1. The molecule has 88 valence electrons. The molecular weight excluding hydrogens is 228 g/mol. The van der Waals surface area contributed by atoms with Crippen molar-refractivity contribution in [1.29, 1.82) is 0 Å². The lowest BCUT2D eigenvalue weighted by atomic mass is 10.2. The van der Waals surface area contributed by atoms with Crippen molar-refractivity contribution in [3.63, 3.8) is 0 Å². The fraction of sp³-hybridized carbons (Fsp3) is 0.400. The quantitative estimate of drug-likeness (QED) is 0.766. The summed E-state index contributed by atoms with van der Waals surface area (Å²) in [6, 6.07) is 3.18. The molecule has 1 rings (SSSR count). The van der Waals surface area contributed by atoms with E-state index in [4.69, 9.17) is 5.73 Å². The van der Waals surface area contributed by atoms with E-state index in [1.54, 1.807) is 19.1 Å². The summed E-state index contributed by atoms with van der Waals surface area (Å²) in [6.45, 7) is 1.55. The van der Waals surface area contributed by atoms with Crippen LogP contribution in [0, 0.1) is 0 Å². The third-order valence-electron chi connectivity index (χ3n) is 2.18. The molecular formula is C10H14N2O3S. The average Bonchev–Trinajstić information content (AvgIpc) is 2.27. The third-order valence-corrected chi connectivity index (χ3v) is 3.89. The number of nitrogens with two attached hydrogens (primary N) is 1. The van der Waals surface area contributed by atoms with Gasteiger partial charge in [0.05, 0.1) is 11.4 Å². The summed E-state index contributed by atoms with van der Waals surface area (Å²) in [5.41, 5.74) is 5.99. The first-order valence-corrected chi connectivity index (χ1v) is 6.72. The Bertz CT molecular complexity index is 483. The highest BCUT2D eigenvalue weighted by Crippen LogP contribution is 2.10. The molecule has 1 heterocycles. The first-order chi connectivity index (χ1) is 7.46. The van der Waals surface area contributed by atoms with Crippen molar-refractivity contribution < 1.29 is 13.2 Å². The summed E-state index contributed by atoms with van der Waals surface area (Å²) in [5, 5.41) is 0. The fourth-order valence-electron chi connectivity index (χ4n) is 1.16. The second-order valence-corrected chi connectivity index (χ2v) is 5.82.